The normalized spacial score (nSPS) is 11.2. The van der Waals surface area contributed by atoms with E-state index in [4.69, 9.17) is 4.74 Å². The second-order valence-corrected chi connectivity index (χ2v) is 4.57. The van der Waals surface area contributed by atoms with E-state index in [-0.39, 0.29) is 0 Å². The minimum Gasteiger partial charge on any atom is -0.490 e. The maximum absolute atomic E-state index is 5.38. The predicted molar refractivity (Wildman–Crippen MR) is 73.7 cm³/mol. The number of hydrogen-bond donors (Lipinski definition) is 0. The number of rotatable bonds is 4. The summed E-state index contributed by atoms with van der Waals surface area (Å²) in [4.78, 5) is 1.18. The molecule has 0 aliphatic heterocycles. The Hall–Kier alpha value is -1.67. The van der Waals surface area contributed by atoms with Crippen molar-refractivity contribution in [3.63, 3.8) is 0 Å². The van der Waals surface area contributed by atoms with E-state index < -0.39 is 0 Å². The summed E-state index contributed by atoms with van der Waals surface area (Å²) >= 11 is 1.62. The zero-order valence-corrected chi connectivity index (χ0v) is 10.5. The fourth-order valence-electron chi connectivity index (χ4n) is 1.42. The zero-order chi connectivity index (χ0) is 11.9. The number of benzene rings is 2. The van der Waals surface area contributed by atoms with Crippen molar-refractivity contribution >= 4 is 17.8 Å². The van der Waals surface area contributed by atoms with Crippen molar-refractivity contribution in [1.29, 1.82) is 0 Å². The van der Waals surface area contributed by atoms with Crippen molar-refractivity contribution in [3.05, 3.63) is 71.3 Å². The highest BCUT2D eigenvalue weighted by atomic mass is 32.2. The molecule has 0 heterocycles. The highest BCUT2D eigenvalue weighted by Crippen LogP contribution is 2.28. The van der Waals surface area contributed by atoms with Crippen molar-refractivity contribution in [2.75, 3.05) is 7.11 Å². The Bertz CT molecular complexity index is 477. The molecule has 0 bridgehead atoms. The van der Waals surface area contributed by atoms with E-state index in [1.165, 1.54) is 4.90 Å². The van der Waals surface area contributed by atoms with Crippen LogP contribution in [0.3, 0.4) is 0 Å². The first-order valence-electron chi connectivity index (χ1n) is 5.42. The monoisotopic (exact) mass is 242 g/mol. The van der Waals surface area contributed by atoms with Crippen LogP contribution in [0.25, 0.3) is 6.08 Å². The van der Waals surface area contributed by atoms with Gasteiger partial charge in [0.15, 0.2) is 5.09 Å². The van der Waals surface area contributed by atoms with Crippen molar-refractivity contribution in [3.8, 4) is 0 Å². The highest BCUT2D eigenvalue weighted by Gasteiger charge is 2.00. The summed E-state index contributed by atoms with van der Waals surface area (Å²) in [5.74, 6) is 0. The molecule has 2 heteroatoms. The lowest BCUT2D eigenvalue weighted by Crippen LogP contribution is -1.82. The molecule has 0 radical (unpaired) electrons. The summed E-state index contributed by atoms with van der Waals surface area (Å²) in [5, 5.41) is 0.891. The smallest absolute Gasteiger partial charge is 0.158 e. The van der Waals surface area contributed by atoms with Crippen LogP contribution in [0.15, 0.2) is 70.7 Å². The molecule has 2 rings (SSSR count). The zero-order valence-electron chi connectivity index (χ0n) is 9.67. The Morgan fingerprint density at radius 1 is 0.941 bits per heavy atom. The van der Waals surface area contributed by atoms with Gasteiger partial charge in [-0.25, -0.2) is 0 Å². The van der Waals surface area contributed by atoms with Gasteiger partial charge in [0.25, 0.3) is 0 Å². The molecule has 17 heavy (non-hydrogen) atoms. The number of hydrogen-bond acceptors (Lipinski definition) is 2. The van der Waals surface area contributed by atoms with Gasteiger partial charge in [-0.3, -0.25) is 0 Å². The lowest BCUT2D eigenvalue weighted by Gasteiger charge is -2.05. The molecule has 2 aromatic carbocycles. The van der Waals surface area contributed by atoms with E-state index in [9.17, 15) is 0 Å². The molecule has 0 N–H and O–H groups in total. The third-order valence-electron chi connectivity index (χ3n) is 2.25. The van der Waals surface area contributed by atoms with Gasteiger partial charge in [-0.1, -0.05) is 60.3 Å². The third kappa shape index (κ3) is 3.68. The van der Waals surface area contributed by atoms with Gasteiger partial charge in [0, 0.05) is 4.90 Å². The van der Waals surface area contributed by atoms with Crippen LogP contribution in [0.2, 0.25) is 0 Å². The molecule has 0 saturated heterocycles. The molecular weight excluding hydrogens is 228 g/mol. The second kappa shape index (κ2) is 6.16. The largest absolute Gasteiger partial charge is 0.490 e. The molecular formula is C15H14OS. The molecule has 86 valence electrons. The van der Waals surface area contributed by atoms with E-state index in [0.29, 0.717) is 0 Å². The van der Waals surface area contributed by atoms with Crippen molar-refractivity contribution in [2.45, 2.75) is 4.90 Å². The first-order chi connectivity index (χ1) is 8.38. The van der Waals surface area contributed by atoms with E-state index in [0.717, 1.165) is 10.7 Å². The van der Waals surface area contributed by atoms with Gasteiger partial charge < -0.3 is 4.74 Å². The van der Waals surface area contributed by atoms with Gasteiger partial charge >= 0.3 is 0 Å². The maximum atomic E-state index is 5.38. The van der Waals surface area contributed by atoms with Gasteiger partial charge in [-0.05, 0) is 23.8 Å². The molecule has 0 unspecified atom stereocenters. The second-order valence-electron chi connectivity index (χ2n) is 3.49. The van der Waals surface area contributed by atoms with Crippen LogP contribution in [-0.4, -0.2) is 7.11 Å². The fraction of sp³-hybridized carbons (Fsp3) is 0.0667. The molecule has 0 aliphatic carbocycles. The summed E-state index contributed by atoms with van der Waals surface area (Å²) in [7, 11) is 1.70. The molecule has 0 atom stereocenters. The fourth-order valence-corrected chi connectivity index (χ4v) is 2.22. The number of thioether (sulfide) groups is 1. The quantitative estimate of drug-likeness (QED) is 0.579. The standard InChI is InChI=1S/C15H14OS/c1-16-15(12-13-8-4-2-5-9-13)17-14-10-6-3-7-11-14/h2-12H,1H3/b15-12+. The Morgan fingerprint density at radius 3 is 2.12 bits per heavy atom. The van der Waals surface area contributed by atoms with E-state index in [1.54, 1.807) is 18.9 Å². The van der Waals surface area contributed by atoms with Crippen molar-refractivity contribution < 1.29 is 4.74 Å². The van der Waals surface area contributed by atoms with E-state index in [1.807, 2.05) is 42.5 Å². The number of ether oxygens (including phenoxy) is 1. The molecule has 0 aromatic heterocycles. The minimum atomic E-state index is 0.891. The SMILES string of the molecule is CO/C(=C\c1ccccc1)Sc1ccccc1. The summed E-state index contributed by atoms with van der Waals surface area (Å²) in [6, 6.07) is 20.4. The Morgan fingerprint density at radius 2 is 1.53 bits per heavy atom. The number of methoxy groups -OCH3 is 1. The molecule has 0 aliphatic rings. The first kappa shape index (κ1) is 11.8. The third-order valence-corrected chi connectivity index (χ3v) is 3.24. The van der Waals surface area contributed by atoms with E-state index >= 15 is 0 Å². The maximum Gasteiger partial charge on any atom is 0.158 e. The van der Waals surface area contributed by atoms with Crippen LogP contribution in [0, 0.1) is 0 Å². The van der Waals surface area contributed by atoms with Gasteiger partial charge in [0.05, 0.1) is 7.11 Å². The molecule has 0 spiro atoms. The Balaban J connectivity index is 2.15. The molecule has 0 saturated carbocycles. The van der Waals surface area contributed by atoms with Crippen LogP contribution in [0.5, 0.6) is 0 Å². The van der Waals surface area contributed by atoms with Crippen LogP contribution in [0.1, 0.15) is 5.56 Å². The van der Waals surface area contributed by atoms with Crippen molar-refractivity contribution in [2.24, 2.45) is 0 Å². The van der Waals surface area contributed by atoms with Gasteiger partial charge in [0.2, 0.25) is 0 Å². The molecule has 0 amide bonds. The van der Waals surface area contributed by atoms with E-state index in [2.05, 4.69) is 24.3 Å². The summed E-state index contributed by atoms with van der Waals surface area (Å²) in [6.07, 6.45) is 2.04. The topological polar surface area (TPSA) is 9.23 Å². The Kier molecular flexibility index (Phi) is 4.28. The Labute approximate surface area is 106 Å². The van der Waals surface area contributed by atoms with Gasteiger partial charge in [-0.2, -0.15) is 0 Å². The lowest BCUT2D eigenvalue weighted by molar-refractivity contribution is 0.328. The lowest BCUT2D eigenvalue weighted by atomic mass is 10.2. The minimum absolute atomic E-state index is 0.891. The van der Waals surface area contributed by atoms with Crippen molar-refractivity contribution in [1.82, 2.24) is 0 Å². The van der Waals surface area contributed by atoms with Crippen LogP contribution < -0.4 is 0 Å². The van der Waals surface area contributed by atoms with Crippen LogP contribution >= 0.6 is 11.8 Å². The van der Waals surface area contributed by atoms with Crippen LogP contribution in [0.4, 0.5) is 0 Å². The van der Waals surface area contributed by atoms with Gasteiger partial charge in [-0.15, -0.1) is 0 Å². The molecule has 0 fully saturated rings. The van der Waals surface area contributed by atoms with Crippen LogP contribution in [-0.2, 0) is 4.74 Å². The average molecular weight is 242 g/mol. The summed E-state index contributed by atoms with van der Waals surface area (Å²) in [5.41, 5.74) is 1.15. The highest BCUT2D eigenvalue weighted by molar-refractivity contribution is 8.03. The first-order valence-corrected chi connectivity index (χ1v) is 6.24. The molecule has 1 nitrogen and oxygen atoms in total. The molecule has 2 aromatic rings. The van der Waals surface area contributed by atoms with Gasteiger partial charge in [0.1, 0.15) is 0 Å². The summed E-state index contributed by atoms with van der Waals surface area (Å²) < 4.78 is 5.38. The predicted octanol–water partition coefficient (Wildman–Crippen LogP) is 4.42. The average Bonchev–Trinajstić information content (AvgIpc) is 2.40. The summed E-state index contributed by atoms with van der Waals surface area (Å²) in [6.45, 7) is 0.